The summed E-state index contributed by atoms with van der Waals surface area (Å²) in [5.74, 6) is 1.38. The quantitative estimate of drug-likeness (QED) is 0.746. The van der Waals surface area contributed by atoms with Gasteiger partial charge < -0.3 is 10.1 Å². The van der Waals surface area contributed by atoms with Gasteiger partial charge in [-0.25, -0.2) is 9.97 Å². The first kappa shape index (κ1) is 15.9. The lowest BCUT2D eigenvalue weighted by Crippen LogP contribution is -2.32. The molecule has 1 atom stereocenters. The van der Waals surface area contributed by atoms with Crippen molar-refractivity contribution in [1.82, 2.24) is 15.3 Å². The van der Waals surface area contributed by atoms with E-state index in [2.05, 4.69) is 36.1 Å². The molecule has 0 aliphatic heterocycles. The largest absolute Gasteiger partial charge is 0.481 e. The minimum absolute atomic E-state index is 0.488. The van der Waals surface area contributed by atoms with Crippen molar-refractivity contribution in [1.29, 1.82) is 0 Å². The molecule has 0 spiro atoms. The Hall–Kier alpha value is -1.16. The van der Waals surface area contributed by atoms with Gasteiger partial charge in [-0.05, 0) is 31.7 Å². The fourth-order valence-corrected chi connectivity index (χ4v) is 2.01. The van der Waals surface area contributed by atoms with Crippen molar-refractivity contribution in [2.24, 2.45) is 5.92 Å². The van der Waals surface area contributed by atoms with Crippen molar-refractivity contribution in [3.05, 3.63) is 18.1 Å². The highest BCUT2D eigenvalue weighted by Gasteiger charge is 2.11. The molecule has 0 radical (unpaired) electrons. The summed E-state index contributed by atoms with van der Waals surface area (Å²) in [4.78, 5) is 8.38. The van der Waals surface area contributed by atoms with Gasteiger partial charge in [0, 0.05) is 24.2 Å². The Kier molecular flexibility index (Phi) is 7.41. The van der Waals surface area contributed by atoms with Gasteiger partial charge in [0.2, 0.25) is 5.88 Å². The van der Waals surface area contributed by atoms with Gasteiger partial charge in [0.15, 0.2) is 0 Å². The van der Waals surface area contributed by atoms with Gasteiger partial charge in [-0.1, -0.05) is 20.8 Å². The summed E-state index contributed by atoms with van der Waals surface area (Å²) < 4.78 is 5.14. The van der Waals surface area contributed by atoms with E-state index in [4.69, 9.17) is 4.74 Å². The predicted octanol–water partition coefficient (Wildman–Crippen LogP) is 2.83. The third-order valence-corrected chi connectivity index (χ3v) is 3.14. The maximum absolute atomic E-state index is 5.14. The highest BCUT2D eigenvalue weighted by Crippen LogP contribution is 2.13. The molecule has 1 N–H and O–H groups in total. The summed E-state index contributed by atoms with van der Waals surface area (Å²) in [5, 5.41) is 3.61. The Labute approximate surface area is 117 Å². The number of nitrogens with zero attached hydrogens (tertiary/aromatic N) is 2. The molecule has 4 nitrogen and oxygen atoms in total. The van der Waals surface area contributed by atoms with Crippen LogP contribution in [-0.2, 0) is 6.42 Å². The van der Waals surface area contributed by atoms with Gasteiger partial charge in [-0.3, -0.25) is 0 Å². The third-order valence-electron chi connectivity index (χ3n) is 3.14. The molecule has 1 unspecified atom stereocenters. The summed E-state index contributed by atoms with van der Waals surface area (Å²) >= 11 is 0. The van der Waals surface area contributed by atoms with Crippen LogP contribution in [0.25, 0.3) is 0 Å². The zero-order chi connectivity index (χ0) is 14.1. The minimum Gasteiger partial charge on any atom is -0.481 e. The third kappa shape index (κ3) is 6.53. The molecule has 19 heavy (non-hydrogen) atoms. The molecule has 1 aromatic heterocycles. The molecule has 0 amide bonds. The molecule has 0 aliphatic carbocycles. The topological polar surface area (TPSA) is 47.0 Å². The molecular weight excluding hydrogens is 238 g/mol. The molecule has 1 rings (SSSR count). The maximum Gasteiger partial charge on any atom is 0.216 e. The molecule has 1 aromatic rings. The number of methoxy groups -OCH3 is 1. The number of nitrogens with one attached hydrogen (secondary N) is 1. The van der Waals surface area contributed by atoms with Crippen molar-refractivity contribution in [2.75, 3.05) is 13.7 Å². The number of aromatic nitrogens is 2. The maximum atomic E-state index is 5.14. The fraction of sp³-hybridized carbons (Fsp3) is 0.733. The minimum atomic E-state index is 0.488. The molecule has 0 saturated carbocycles. The highest BCUT2D eigenvalue weighted by atomic mass is 16.5. The van der Waals surface area contributed by atoms with Gasteiger partial charge in [-0.2, -0.15) is 0 Å². The lowest BCUT2D eigenvalue weighted by atomic mass is 10.00. The monoisotopic (exact) mass is 265 g/mol. The molecule has 0 bridgehead atoms. The zero-order valence-electron chi connectivity index (χ0n) is 12.6. The van der Waals surface area contributed by atoms with Crippen molar-refractivity contribution >= 4 is 0 Å². The average molecular weight is 265 g/mol. The Balaban J connectivity index is 2.58. The number of rotatable bonds is 9. The van der Waals surface area contributed by atoms with E-state index >= 15 is 0 Å². The van der Waals surface area contributed by atoms with E-state index in [0.29, 0.717) is 11.9 Å². The standard InChI is InChI=1S/C15H27N3O/c1-5-8-16-13(7-6-12(2)3)9-14-10-15(19-4)18-11-17-14/h10-13,16H,5-9H2,1-4H3. The van der Waals surface area contributed by atoms with Crippen molar-refractivity contribution in [2.45, 2.75) is 52.5 Å². The van der Waals surface area contributed by atoms with E-state index < -0.39 is 0 Å². The molecule has 0 aromatic carbocycles. The second-order valence-corrected chi connectivity index (χ2v) is 5.38. The van der Waals surface area contributed by atoms with E-state index in [0.717, 1.165) is 31.0 Å². The van der Waals surface area contributed by atoms with Crippen LogP contribution in [0.5, 0.6) is 5.88 Å². The number of hydrogen-bond acceptors (Lipinski definition) is 4. The van der Waals surface area contributed by atoms with Crippen LogP contribution in [-0.4, -0.2) is 29.7 Å². The molecule has 0 aliphatic rings. The van der Waals surface area contributed by atoms with Gasteiger partial charge >= 0.3 is 0 Å². The van der Waals surface area contributed by atoms with Crippen LogP contribution in [0.4, 0.5) is 0 Å². The SMILES string of the molecule is CCCNC(CCC(C)C)Cc1cc(OC)ncn1. The van der Waals surface area contributed by atoms with Gasteiger partial charge in [0.25, 0.3) is 0 Å². The fourth-order valence-electron chi connectivity index (χ4n) is 2.01. The predicted molar refractivity (Wildman–Crippen MR) is 78.4 cm³/mol. The van der Waals surface area contributed by atoms with E-state index in [1.54, 1.807) is 13.4 Å². The van der Waals surface area contributed by atoms with Crippen LogP contribution in [0, 0.1) is 5.92 Å². The van der Waals surface area contributed by atoms with Crippen molar-refractivity contribution in [3.63, 3.8) is 0 Å². The molecule has 0 saturated heterocycles. The Morgan fingerprint density at radius 3 is 2.68 bits per heavy atom. The van der Waals surface area contributed by atoms with E-state index in [1.165, 1.54) is 12.8 Å². The zero-order valence-corrected chi connectivity index (χ0v) is 12.6. The number of hydrogen-bond donors (Lipinski definition) is 1. The average Bonchev–Trinajstić information content (AvgIpc) is 2.42. The van der Waals surface area contributed by atoms with Crippen LogP contribution < -0.4 is 10.1 Å². The van der Waals surface area contributed by atoms with Crippen LogP contribution in [0.1, 0.15) is 45.7 Å². The van der Waals surface area contributed by atoms with Gasteiger partial charge in [-0.15, -0.1) is 0 Å². The molecule has 1 heterocycles. The second-order valence-electron chi connectivity index (χ2n) is 5.38. The Morgan fingerprint density at radius 2 is 2.05 bits per heavy atom. The van der Waals surface area contributed by atoms with E-state index in [-0.39, 0.29) is 0 Å². The molecule has 4 heteroatoms. The first-order valence-electron chi connectivity index (χ1n) is 7.24. The van der Waals surface area contributed by atoms with Gasteiger partial charge in [0.1, 0.15) is 6.33 Å². The van der Waals surface area contributed by atoms with Crippen LogP contribution in [0.3, 0.4) is 0 Å². The first-order valence-corrected chi connectivity index (χ1v) is 7.24. The summed E-state index contributed by atoms with van der Waals surface area (Å²) in [5.41, 5.74) is 1.05. The molecular formula is C15H27N3O. The first-order chi connectivity index (χ1) is 9.15. The van der Waals surface area contributed by atoms with E-state index in [9.17, 15) is 0 Å². The lowest BCUT2D eigenvalue weighted by Gasteiger charge is -2.19. The summed E-state index contributed by atoms with van der Waals surface area (Å²) in [7, 11) is 1.64. The summed E-state index contributed by atoms with van der Waals surface area (Å²) in [6, 6.07) is 2.41. The van der Waals surface area contributed by atoms with Crippen LogP contribution in [0.2, 0.25) is 0 Å². The van der Waals surface area contributed by atoms with Gasteiger partial charge in [0.05, 0.1) is 7.11 Å². The smallest absolute Gasteiger partial charge is 0.216 e. The molecule has 108 valence electrons. The normalized spacial score (nSPS) is 12.7. The van der Waals surface area contributed by atoms with Crippen LogP contribution >= 0.6 is 0 Å². The summed E-state index contributed by atoms with van der Waals surface area (Å²) in [6.45, 7) is 7.79. The second kappa shape index (κ2) is 8.86. The molecule has 0 fully saturated rings. The van der Waals surface area contributed by atoms with Crippen molar-refractivity contribution < 1.29 is 4.74 Å². The Bertz CT molecular complexity index is 355. The van der Waals surface area contributed by atoms with E-state index in [1.807, 2.05) is 6.07 Å². The number of ether oxygens (including phenoxy) is 1. The Morgan fingerprint density at radius 1 is 1.26 bits per heavy atom. The lowest BCUT2D eigenvalue weighted by molar-refractivity contribution is 0.393. The summed E-state index contributed by atoms with van der Waals surface area (Å²) in [6.07, 6.45) is 6.10. The van der Waals surface area contributed by atoms with Crippen LogP contribution in [0.15, 0.2) is 12.4 Å². The van der Waals surface area contributed by atoms with Crippen molar-refractivity contribution in [3.8, 4) is 5.88 Å². The highest BCUT2D eigenvalue weighted by molar-refractivity contribution is 5.14.